The Morgan fingerprint density at radius 1 is 1.18 bits per heavy atom. The summed E-state index contributed by atoms with van der Waals surface area (Å²) in [6, 6.07) is 8.54. The molecule has 0 aliphatic heterocycles. The molecule has 0 radical (unpaired) electrons. The lowest BCUT2D eigenvalue weighted by Crippen LogP contribution is -2.32. The van der Waals surface area contributed by atoms with E-state index in [1.807, 2.05) is 24.1 Å². The van der Waals surface area contributed by atoms with Crippen LogP contribution >= 0.6 is 0 Å². The highest BCUT2D eigenvalue weighted by Gasteiger charge is 2.20. The lowest BCUT2D eigenvalue weighted by molar-refractivity contribution is 0.0773. The fraction of sp³-hybridized carbons (Fsp3) is 0.632. The summed E-state index contributed by atoms with van der Waals surface area (Å²) in [5, 5.41) is 0. The van der Waals surface area contributed by atoms with Crippen molar-refractivity contribution in [3.05, 3.63) is 29.8 Å². The second-order valence-electron chi connectivity index (χ2n) is 6.76. The predicted molar refractivity (Wildman–Crippen MR) is 93.5 cm³/mol. The van der Waals surface area contributed by atoms with Crippen LogP contribution in [0.2, 0.25) is 0 Å². The van der Waals surface area contributed by atoms with E-state index in [9.17, 15) is 4.79 Å². The average Bonchev–Trinajstić information content (AvgIpc) is 3.00. The molecule has 1 saturated carbocycles. The van der Waals surface area contributed by atoms with Gasteiger partial charge in [-0.2, -0.15) is 0 Å². The first-order chi connectivity index (χ1) is 10.5. The molecule has 3 nitrogen and oxygen atoms in total. The number of benzene rings is 1. The van der Waals surface area contributed by atoms with Crippen LogP contribution in [0, 0.1) is 5.92 Å². The Kier molecular flexibility index (Phi) is 5.87. The highest BCUT2D eigenvalue weighted by Crippen LogP contribution is 2.25. The molecule has 1 fully saturated rings. The van der Waals surface area contributed by atoms with Gasteiger partial charge in [-0.15, -0.1) is 0 Å². The Morgan fingerprint density at radius 3 is 2.27 bits per heavy atom. The number of amides is 1. The summed E-state index contributed by atoms with van der Waals surface area (Å²) in [6.07, 6.45) is 5.19. The first-order valence-corrected chi connectivity index (χ1v) is 8.65. The lowest BCUT2D eigenvalue weighted by Gasteiger charge is -2.28. The van der Waals surface area contributed by atoms with E-state index in [1.54, 1.807) is 0 Å². The van der Waals surface area contributed by atoms with Crippen LogP contribution in [0.15, 0.2) is 24.3 Å². The molecule has 0 heterocycles. The Labute approximate surface area is 135 Å². The zero-order valence-corrected chi connectivity index (χ0v) is 14.5. The van der Waals surface area contributed by atoms with Gasteiger partial charge in [0, 0.05) is 37.4 Å². The van der Waals surface area contributed by atoms with Gasteiger partial charge in [0.15, 0.2) is 0 Å². The van der Waals surface area contributed by atoms with Crippen molar-refractivity contribution >= 4 is 11.6 Å². The van der Waals surface area contributed by atoms with Gasteiger partial charge in [0.05, 0.1) is 0 Å². The second kappa shape index (κ2) is 7.66. The smallest absolute Gasteiger partial charge is 0.253 e. The van der Waals surface area contributed by atoms with Crippen LogP contribution in [0.3, 0.4) is 0 Å². The summed E-state index contributed by atoms with van der Waals surface area (Å²) in [5.41, 5.74) is 1.98. The third kappa shape index (κ3) is 4.02. The normalized spacial score (nSPS) is 15.3. The Morgan fingerprint density at radius 2 is 1.77 bits per heavy atom. The zero-order chi connectivity index (χ0) is 16.1. The maximum Gasteiger partial charge on any atom is 0.253 e. The van der Waals surface area contributed by atoms with Crippen LogP contribution in [0.1, 0.15) is 56.8 Å². The van der Waals surface area contributed by atoms with Gasteiger partial charge in [0.1, 0.15) is 0 Å². The summed E-state index contributed by atoms with van der Waals surface area (Å²) in [7, 11) is 1.93. The number of carbonyl (C=O) groups is 1. The van der Waals surface area contributed by atoms with Gasteiger partial charge in [-0.1, -0.05) is 12.8 Å². The minimum atomic E-state index is 0.144. The SMILES string of the molecule is CCN(c1ccc(C(=O)N(C)CC2CCCC2)cc1)C(C)C. The largest absolute Gasteiger partial charge is 0.369 e. The number of anilines is 1. The lowest BCUT2D eigenvalue weighted by atomic mass is 10.1. The van der Waals surface area contributed by atoms with Crippen molar-refractivity contribution in [1.82, 2.24) is 4.90 Å². The summed E-state index contributed by atoms with van der Waals surface area (Å²) in [5.74, 6) is 0.843. The van der Waals surface area contributed by atoms with Gasteiger partial charge in [-0.3, -0.25) is 4.79 Å². The molecule has 122 valence electrons. The zero-order valence-electron chi connectivity index (χ0n) is 14.5. The van der Waals surface area contributed by atoms with E-state index in [4.69, 9.17) is 0 Å². The Balaban J connectivity index is 2.00. The number of hydrogen-bond acceptors (Lipinski definition) is 2. The molecule has 1 amide bonds. The quantitative estimate of drug-likeness (QED) is 0.787. The van der Waals surface area contributed by atoms with Crippen LogP contribution in [0.4, 0.5) is 5.69 Å². The van der Waals surface area contributed by atoms with E-state index in [-0.39, 0.29) is 5.91 Å². The van der Waals surface area contributed by atoms with Crippen molar-refractivity contribution in [3.63, 3.8) is 0 Å². The summed E-state index contributed by atoms with van der Waals surface area (Å²) >= 11 is 0. The van der Waals surface area contributed by atoms with Crippen molar-refractivity contribution in [2.45, 2.75) is 52.5 Å². The van der Waals surface area contributed by atoms with E-state index in [2.05, 4.69) is 37.8 Å². The van der Waals surface area contributed by atoms with Gasteiger partial charge >= 0.3 is 0 Å². The highest BCUT2D eigenvalue weighted by molar-refractivity contribution is 5.94. The molecule has 0 bridgehead atoms. The van der Waals surface area contributed by atoms with Crippen LogP contribution < -0.4 is 4.90 Å². The predicted octanol–water partition coefficient (Wildman–Crippen LogP) is 4.18. The van der Waals surface area contributed by atoms with Crippen LogP contribution in [-0.4, -0.2) is 37.0 Å². The van der Waals surface area contributed by atoms with Gasteiger partial charge in [-0.05, 0) is 63.8 Å². The number of rotatable bonds is 6. The van der Waals surface area contributed by atoms with Crippen molar-refractivity contribution in [2.75, 3.05) is 25.0 Å². The average molecular weight is 302 g/mol. The highest BCUT2D eigenvalue weighted by atomic mass is 16.2. The molecular formula is C19H30N2O. The molecule has 0 unspecified atom stereocenters. The maximum atomic E-state index is 12.5. The van der Waals surface area contributed by atoms with E-state index >= 15 is 0 Å². The molecule has 22 heavy (non-hydrogen) atoms. The third-order valence-corrected chi connectivity index (χ3v) is 4.76. The molecule has 0 N–H and O–H groups in total. The second-order valence-corrected chi connectivity index (χ2v) is 6.76. The maximum absolute atomic E-state index is 12.5. The van der Waals surface area contributed by atoms with E-state index in [1.165, 1.54) is 31.4 Å². The summed E-state index contributed by atoms with van der Waals surface area (Å²) < 4.78 is 0. The fourth-order valence-corrected chi connectivity index (χ4v) is 3.52. The standard InChI is InChI=1S/C19H30N2O/c1-5-21(15(2)3)18-12-10-17(11-13-18)19(22)20(4)14-16-8-6-7-9-16/h10-13,15-16H,5-9,14H2,1-4H3. The van der Waals surface area contributed by atoms with Crippen LogP contribution in [0.5, 0.6) is 0 Å². The van der Waals surface area contributed by atoms with Crippen molar-refractivity contribution in [1.29, 1.82) is 0 Å². The molecule has 2 rings (SSSR count). The molecule has 0 spiro atoms. The van der Waals surface area contributed by atoms with Crippen molar-refractivity contribution < 1.29 is 4.79 Å². The molecule has 3 heteroatoms. The minimum Gasteiger partial charge on any atom is -0.369 e. The first-order valence-electron chi connectivity index (χ1n) is 8.65. The molecular weight excluding hydrogens is 272 g/mol. The molecule has 0 atom stereocenters. The number of hydrogen-bond donors (Lipinski definition) is 0. The molecule has 1 aromatic rings. The van der Waals surface area contributed by atoms with Gasteiger partial charge in [0.25, 0.3) is 5.91 Å². The minimum absolute atomic E-state index is 0.144. The third-order valence-electron chi connectivity index (χ3n) is 4.76. The van der Waals surface area contributed by atoms with E-state index in [0.717, 1.165) is 18.7 Å². The van der Waals surface area contributed by atoms with Crippen LogP contribution in [-0.2, 0) is 0 Å². The number of nitrogens with zero attached hydrogens (tertiary/aromatic N) is 2. The molecule has 1 aliphatic rings. The molecule has 0 saturated heterocycles. The Hall–Kier alpha value is -1.51. The fourth-order valence-electron chi connectivity index (χ4n) is 3.52. The Bertz CT molecular complexity index is 475. The van der Waals surface area contributed by atoms with E-state index in [0.29, 0.717) is 12.0 Å². The molecule has 1 aromatic carbocycles. The van der Waals surface area contributed by atoms with Crippen molar-refractivity contribution in [2.24, 2.45) is 5.92 Å². The topological polar surface area (TPSA) is 23.6 Å². The van der Waals surface area contributed by atoms with Gasteiger partial charge < -0.3 is 9.80 Å². The van der Waals surface area contributed by atoms with Gasteiger partial charge in [-0.25, -0.2) is 0 Å². The molecule has 0 aromatic heterocycles. The van der Waals surface area contributed by atoms with Crippen LogP contribution in [0.25, 0.3) is 0 Å². The number of carbonyl (C=O) groups excluding carboxylic acids is 1. The van der Waals surface area contributed by atoms with Crippen molar-refractivity contribution in [3.8, 4) is 0 Å². The first kappa shape index (κ1) is 16.9. The molecule has 1 aliphatic carbocycles. The van der Waals surface area contributed by atoms with Gasteiger partial charge in [0.2, 0.25) is 0 Å². The summed E-state index contributed by atoms with van der Waals surface area (Å²) in [4.78, 5) is 16.8. The van der Waals surface area contributed by atoms with E-state index < -0.39 is 0 Å². The summed E-state index contributed by atoms with van der Waals surface area (Å²) in [6.45, 7) is 8.42. The monoisotopic (exact) mass is 302 g/mol.